The number of hydrogen-bond donors (Lipinski definition) is 1. The van der Waals surface area contributed by atoms with E-state index in [9.17, 15) is 9.59 Å². The molecule has 2 saturated heterocycles. The van der Waals surface area contributed by atoms with Gasteiger partial charge in [0.1, 0.15) is 17.7 Å². The van der Waals surface area contributed by atoms with Crippen molar-refractivity contribution in [2.75, 3.05) is 26.2 Å². The van der Waals surface area contributed by atoms with E-state index in [1.165, 1.54) is 6.20 Å². The van der Waals surface area contributed by atoms with Crippen molar-refractivity contribution in [1.29, 1.82) is 0 Å². The molecular weight excluding hydrogens is 318 g/mol. The zero-order chi connectivity index (χ0) is 17.4. The Balaban J connectivity index is 1.51. The molecule has 7 heteroatoms. The molecule has 0 saturated carbocycles. The van der Waals surface area contributed by atoms with E-state index >= 15 is 0 Å². The molecule has 0 unspecified atom stereocenters. The number of aromatic nitrogens is 2. The fraction of sp³-hybridized carbons (Fsp3) is 0.444. The molecule has 2 aliphatic heterocycles. The first-order valence-corrected chi connectivity index (χ1v) is 8.76. The Hall–Kier alpha value is -2.54. The first kappa shape index (κ1) is 16.0. The standard InChI is InChI=1S/C18H21N5O2/c19-13-11-23(10-12(13)17(24)22-7-3-4-8-22)18(25)16-9-20-14-5-1-2-6-15(14)21-16/h1-2,5-6,9,12-13H,3-4,7-8,10-11,19H2/p+1/t12-,13+/m1/s1. The highest BCUT2D eigenvalue weighted by Gasteiger charge is 2.42. The number of fused-ring (bicyclic) bond motifs is 1. The second-order valence-corrected chi connectivity index (χ2v) is 6.85. The highest BCUT2D eigenvalue weighted by atomic mass is 16.2. The average Bonchev–Trinajstić information content (AvgIpc) is 3.30. The van der Waals surface area contributed by atoms with Gasteiger partial charge in [-0.05, 0) is 25.0 Å². The van der Waals surface area contributed by atoms with Gasteiger partial charge in [0, 0.05) is 19.6 Å². The lowest BCUT2D eigenvalue weighted by Crippen LogP contribution is -2.66. The van der Waals surface area contributed by atoms with Crippen molar-refractivity contribution >= 4 is 22.8 Å². The Morgan fingerprint density at radius 3 is 2.52 bits per heavy atom. The zero-order valence-corrected chi connectivity index (χ0v) is 14.1. The van der Waals surface area contributed by atoms with Crippen LogP contribution in [0.5, 0.6) is 0 Å². The summed E-state index contributed by atoms with van der Waals surface area (Å²) >= 11 is 0. The lowest BCUT2D eigenvalue weighted by atomic mass is 10.0. The van der Waals surface area contributed by atoms with Gasteiger partial charge < -0.3 is 15.5 Å². The third kappa shape index (κ3) is 2.95. The number of rotatable bonds is 2. The summed E-state index contributed by atoms with van der Waals surface area (Å²) in [5.74, 6) is -0.253. The quantitative estimate of drug-likeness (QED) is 0.828. The van der Waals surface area contributed by atoms with Gasteiger partial charge in [-0.2, -0.15) is 0 Å². The summed E-state index contributed by atoms with van der Waals surface area (Å²) in [7, 11) is 0. The van der Waals surface area contributed by atoms with Crippen LogP contribution in [0, 0.1) is 5.92 Å². The van der Waals surface area contributed by atoms with Crippen molar-refractivity contribution in [2.45, 2.75) is 18.9 Å². The average molecular weight is 340 g/mol. The molecule has 25 heavy (non-hydrogen) atoms. The molecule has 7 nitrogen and oxygen atoms in total. The lowest BCUT2D eigenvalue weighted by Gasteiger charge is -2.20. The third-order valence-corrected chi connectivity index (χ3v) is 5.13. The van der Waals surface area contributed by atoms with Crippen LogP contribution in [-0.2, 0) is 4.79 Å². The molecule has 0 spiro atoms. The molecule has 3 heterocycles. The minimum absolute atomic E-state index is 0.0783. The number of benzene rings is 1. The summed E-state index contributed by atoms with van der Waals surface area (Å²) < 4.78 is 0. The van der Waals surface area contributed by atoms with E-state index in [0.717, 1.165) is 31.4 Å². The van der Waals surface area contributed by atoms with E-state index in [-0.39, 0.29) is 23.8 Å². The van der Waals surface area contributed by atoms with Crippen molar-refractivity contribution in [1.82, 2.24) is 19.8 Å². The van der Waals surface area contributed by atoms with E-state index in [4.69, 9.17) is 0 Å². The molecule has 0 radical (unpaired) electrons. The first-order valence-electron chi connectivity index (χ1n) is 8.76. The van der Waals surface area contributed by atoms with Crippen LogP contribution in [0.2, 0.25) is 0 Å². The van der Waals surface area contributed by atoms with Crippen molar-refractivity contribution in [3.63, 3.8) is 0 Å². The smallest absolute Gasteiger partial charge is 0.274 e. The maximum absolute atomic E-state index is 12.8. The maximum Gasteiger partial charge on any atom is 0.274 e. The Labute approximate surface area is 145 Å². The predicted octanol–water partition coefficient (Wildman–Crippen LogP) is -0.0653. The number of carbonyl (C=O) groups excluding carboxylic acids is 2. The lowest BCUT2D eigenvalue weighted by molar-refractivity contribution is -0.421. The monoisotopic (exact) mass is 340 g/mol. The molecule has 2 aliphatic rings. The highest BCUT2D eigenvalue weighted by Crippen LogP contribution is 2.21. The fourth-order valence-electron chi connectivity index (χ4n) is 3.71. The van der Waals surface area contributed by atoms with Gasteiger partial charge >= 0.3 is 0 Å². The van der Waals surface area contributed by atoms with Gasteiger partial charge in [-0.25, -0.2) is 4.98 Å². The SMILES string of the molecule is [NH3+][C@H]1CN(C(=O)c2cnc3ccccc3n2)C[C@H]1C(=O)N1CCCC1. The topological polar surface area (TPSA) is 94.0 Å². The van der Waals surface area contributed by atoms with Crippen LogP contribution >= 0.6 is 0 Å². The van der Waals surface area contributed by atoms with Gasteiger partial charge in [0.15, 0.2) is 0 Å². The Morgan fingerprint density at radius 2 is 1.76 bits per heavy atom. The molecule has 0 aliphatic carbocycles. The van der Waals surface area contributed by atoms with Crippen LogP contribution < -0.4 is 5.73 Å². The second kappa shape index (κ2) is 6.40. The van der Waals surface area contributed by atoms with Gasteiger partial charge in [0.2, 0.25) is 5.91 Å². The normalized spacial score (nSPS) is 23.4. The van der Waals surface area contributed by atoms with Gasteiger partial charge in [0.25, 0.3) is 5.91 Å². The number of hydrogen-bond acceptors (Lipinski definition) is 4. The first-order chi connectivity index (χ1) is 12.1. The Morgan fingerprint density at radius 1 is 1.04 bits per heavy atom. The number of likely N-dealkylation sites (tertiary alicyclic amines) is 2. The fourth-order valence-corrected chi connectivity index (χ4v) is 3.71. The summed E-state index contributed by atoms with van der Waals surface area (Å²) in [6.45, 7) is 2.55. The van der Waals surface area contributed by atoms with Crippen molar-refractivity contribution in [3.05, 3.63) is 36.2 Å². The van der Waals surface area contributed by atoms with Gasteiger partial charge in [0.05, 0.1) is 23.8 Å². The molecule has 4 rings (SSSR count). The van der Waals surface area contributed by atoms with E-state index in [1.54, 1.807) is 4.90 Å². The number of amides is 2. The molecule has 2 fully saturated rings. The third-order valence-electron chi connectivity index (χ3n) is 5.13. The largest absolute Gasteiger partial charge is 0.353 e. The van der Waals surface area contributed by atoms with Crippen LogP contribution in [0.3, 0.4) is 0 Å². The van der Waals surface area contributed by atoms with Gasteiger partial charge in [-0.1, -0.05) is 12.1 Å². The van der Waals surface area contributed by atoms with E-state index in [2.05, 4.69) is 15.7 Å². The van der Waals surface area contributed by atoms with Crippen molar-refractivity contribution in [3.8, 4) is 0 Å². The number of nitrogens with zero attached hydrogens (tertiary/aromatic N) is 4. The summed E-state index contributed by atoms with van der Waals surface area (Å²) in [4.78, 5) is 37.8. The summed E-state index contributed by atoms with van der Waals surface area (Å²) in [5.41, 5.74) is 5.89. The molecule has 3 N–H and O–H groups in total. The van der Waals surface area contributed by atoms with E-state index < -0.39 is 0 Å². The highest BCUT2D eigenvalue weighted by molar-refractivity contribution is 5.94. The molecule has 2 amide bonds. The molecule has 1 aromatic carbocycles. The summed E-state index contributed by atoms with van der Waals surface area (Å²) in [5, 5.41) is 0. The minimum atomic E-state index is -0.213. The van der Waals surface area contributed by atoms with Crippen LogP contribution in [-0.4, -0.2) is 63.8 Å². The molecule has 2 atom stereocenters. The Bertz CT molecular complexity index is 818. The molecule has 0 bridgehead atoms. The molecule has 2 aromatic rings. The Kier molecular flexibility index (Phi) is 4.09. The van der Waals surface area contributed by atoms with Gasteiger partial charge in [-0.3, -0.25) is 14.6 Å². The van der Waals surface area contributed by atoms with Crippen molar-refractivity contribution in [2.24, 2.45) is 5.92 Å². The van der Waals surface area contributed by atoms with Crippen LogP contribution in [0.1, 0.15) is 23.3 Å². The van der Waals surface area contributed by atoms with Gasteiger partial charge in [-0.15, -0.1) is 0 Å². The summed E-state index contributed by atoms with van der Waals surface area (Å²) in [6.07, 6.45) is 3.64. The zero-order valence-electron chi connectivity index (χ0n) is 14.1. The van der Waals surface area contributed by atoms with Crippen LogP contribution in [0.4, 0.5) is 0 Å². The molecule has 130 valence electrons. The number of para-hydroxylation sites is 2. The molecular formula is C18H22N5O2+. The minimum Gasteiger partial charge on any atom is -0.353 e. The van der Waals surface area contributed by atoms with E-state index in [0.29, 0.717) is 24.3 Å². The van der Waals surface area contributed by atoms with Crippen LogP contribution in [0.25, 0.3) is 11.0 Å². The predicted molar refractivity (Wildman–Crippen MR) is 91.4 cm³/mol. The number of carbonyl (C=O) groups is 2. The van der Waals surface area contributed by atoms with E-state index in [1.807, 2.05) is 29.2 Å². The maximum atomic E-state index is 12.8. The second-order valence-electron chi connectivity index (χ2n) is 6.85. The summed E-state index contributed by atoms with van der Waals surface area (Å²) in [6, 6.07) is 7.39. The molecule has 1 aromatic heterocycles. The van der Waals surface area contributed by atoms with Crippen molar-refractivity contribution < 1.29 is 15.3 Å². The van der Waals surface area contributed by atoms with Crippen LogP contribution in [0.15, 0.2) is 30.5 Å². The number of quaternary nitrogens is 1.